The highest BCUT2D eigenvalue weighted by molar-refractivity contribution is 5.49. The third-order valence-corrected chi connectivity index (χ3v) is 4.12. The smallest absolute Gasteiger partial charge is 0.119 e. The molecule has 21 heavy (non-hydrogen) atoms. The van der Waals surface area contributed by atoms with Gasteiger partial charge >= 0.3 is 0 Å². The van der Waals surface area contributed by atoms with E-state index in [-0.39, 0.29) is 0 Å². The molecule has 0 spiro atoms. The number of hydrogen-bond donors (Lipinski definition) is 0. The summed E-state index contributed by atoms with van der Waals surface area (Å²) in [5.74, 6) is 0.888. The summed E-state index contributed by atoms with van der Waals surface area (Å²) in [7, 11) is 1.69. The summed E-state index contributed by atoms with van der Waals surface area (Å²) >= 11 is 0. The van der Waals surface area contributed by atoms with Gasteiger partial charge in [0.1, 0.15) is 5.75 Å². The molecule has 0 bridgehead atoms. The lowest BCUT2D eigenvalue weighted by atomic mass is 10.2. The van der Waals surface area contributed by atoms with Gasteiger partial charge in [-0.05, 0) is 44.5 Å². The highest BCUT2D eigenvalue weighted by Gasteiger charge is 2.16. The van der Waals surface area contributed by atoms with Crippen LogP contribution in [-0.2, 0) is 0 Å². The number of rotatable bonds is 3. The first-order chi connectivity index (χ1) is 10.2. The van der Waals surface area contributed by atoms with E-state index in [0.29, 0.717) is 0 Å². The molecule has 0 atom stereocenters. The number of benzene rings is 1. The Hall–Kier alpha value is -2.15. The molecule has 4 nitrogen and oxygen atoms in total. The molecule has 1 fully saturated rings. The van der Waals surface area contributed by atoms with Crippen LogP contribution in [0.4, 0.5) is 5.69 Å². The number of ether oxygens (including phenoxy) is 1. The zero-order valence-corrected chi connectivity index (χ0v) is 13.1. The molecular weight excluding hydrogens is 262 g/mol. The van der Waals surface area contributed by atoms with Crippen molar-refractivity contribution >= 4 is 5.69 Å². The van der Waals surface area contributed by atoms with Crippen LogP contribution >= 0.6 is 0 Å². The Labute approximate surface area is 127 Å². The molecule has 0 unspecified atom stereocenters. The molecule has 1 heterocycles. The van der Waals surface area contributed by atoms with Gasteiger partial charge in [0.05, 0.1) is 13.2 Å². The maximum Gasteiger partial charge on any atom is 0.119 e. The van der Waals surface area contributed by atoms with E-state index < -0.39 is 0 Å². The fourth-order valence-electron chi connectivity index (χ4n) is 2.62. The number of nitrogens with zero attached hydrogens (tertiary/aromatic N) is 3. The maximum absolute atomic E-state index is 9.03. The lowest BCUT2D eigenvalue weighted by molar-refractivity contribution is 0.367. The minimum absolute atomic E-state index is 0.813. The molecule has 2 rings (SSSR count). The Morgan fingerprint density at radius 1 is 1.10 bits per heavy atom. The highest BCUT2D eigenvalue weighted by Crippen LogP contribution is 2.21. The average molecular weight is 285 g/mol. The summed E-state index contributed by atoms with van der Waals surface area (Å²) in [4.78, 5) is 4.72. The minimum atomic E-state index is 0.813. The Kier molecular flexibility index (Phi) is 5.10. The van der Waals surface area contributed by atoms with Crippen LogP contribution in [0.25, 0.3) is 0 Å². The second kappa shape index (κ2) is 7.03. The normalized spacial score (nSPS) is 16.9. The van der Waals surface area contributed by atoms with E-state index in [1.54, 1.807) is 7.11 Å². The molecule has 1 aromatic rings. The standard InChI is InChI=1S/C17H23N3O/c1-14(13-18)15(2)19-9-4-10-20(12-11-19)16-5-7-17(21-3)8-6-16/h5-8H,4,9-12H2,1-3H3/b15-14-. The van der Waals surface area contributed by atoms with Crippen LogP contribution in [-0.4, -0.2) is 38.2 Å². The van der Waals surface area contributed by atoms with Crippen molar-refractivity contribution in [1.82, 2.24) is 4.90 Å². The molecule has 4 heteroatoms. The summed E-state index contributed by atoms with van der Waals surface area (Å²) in [5.41, 5.74) is 3.15. The van der Waals surface area contributed by atoms with Crippen molar-refractivity contribution < 1.29 is 4.74 Å². The Morgan fingerprint density at radius 2 is 1.81 bits per heavy atom. The summed E-state index contributed by atoms with van der Waals surface area (Å²) in [6.07, 6.45) is 1.10. The molecule has 0 N–H and O–H groups in total. The average Bonchev–Trinajstić information content (AvgIpc) is 2.79. The van der Waals surface area contributed by atoms with Crippen LogP contribution in [0.2, 0.25) is 0 Å². The van der Waals surface area contributed by atoms with Gasteiger partial charge in [-0.25, -0.2) is 0 Å². The summed E-state index contributed by atoms with van der Waals surface area (Å²) in [5, 5.41) is 9.03. The molecule has 0 saturated carbocycles. The van der Waals surface area contributed by atoms with Crippen molar-refractivity contribution in [3.63, 3.8) is 0 Å². The second-order valence-corrected chi connectivity index (χ2v) is 5.35. The van der Waals surface area contributed by atoms with E-state index in [2.05, 4.69) is 28.0 Å². The van der Waals surface area contributed by atoms with Gasteiger partial charge in [0.15, 0.2) is 0 Å². The number of anilines is 1. The van der Waals surface area contributed by atoms with E-state index >= 15 is 0 Å². The fraction of sp³-hybridized carbons (Fsp3) is 0.471. The topological polar surface area (TPSA) is 39.5 Å². The van der Waals surface area contributed by atoms with E-state index in [1.165, 1.54) is 5.69 Å². The van der Waals surface area contributed by atoms with Gasteiger partial charge in [-0.2, -0.15) is 5.26 Å². The van der Waals surface area contributed by atoms with Gasteiger partial charge in [-0.1, -0.05) is 0 Å². The van der Waals surface area contributed by atoms with E-state index in [9.17, 15) is 0 Å². The molecule has 112 valence electrons. The lowest BCUT2D eigenvalue weighted by Gasteiger charge is -2.25. The molecule has 1 saturated heterocycles. The molecule has 0 amide bonds. The van der Waals surface area contributed by atoms with Gasteiger partial charge in [-0.15, -0.1) is 0 Å². The molecular formula is C17H23N3O. The Balaban J connectivity index is 2.05. The Bertz CT molecular complexity index is 542. The van der Waals surface area contributed by atoms with Crippen molar-refractivity contribution in [2.75, 3.05) is 38.2 Å². The number of methoxy groups -OCH3 is 1. The zero-order valence-electron chi connectivity index (χ0n) is 13.1. The van der Waals surface area contributed by atoms with E-state index in [1.807, 2.05) is 26.0 Å². The fourth-order valence-corrected chi connectivity index (χ4v) is 2.62. The molecule has 1 aliphatic rings. The van der Waals surface area contributed by atoms with Gasteiger partial charge < -0.3 is 14.5 Å². The monoisotopic (exact) mass is 285 g/mol. The quantitative estimate of drug-likeness (QED) is 0.800. The van der Waals surface area contributed by atoms with Gasteiger partial charge in [0, 0.05) is 43.1 Å². The van der Waals surface area contributed by atoms with Crippen molar-refractivity contribution in [3.05, 3.63) is 35.5 Å². The predicted octanol–water partition coefficient (Wildman–Crippen LogP) is 3.02. The van der Waals surface area contributed by atoms with Crippen molar-refractivity contribution in [3.8, 4) is 11.8 Å². The van der Waals surface area contributed by atoms with Gasteiger partial charge in [0.2, 0.25) is 0 Å². The van der Waals surface area contributed by atoms with Crippen LogP contribution in [0, 0.1) is 11.3 Å². The molecule has 1 aromatic carbocycles. The van der Waals surface area contributed by atoms with Crippen LogP contribution in [0.1, 0.15) is 20.3 Å². The number of hydrogen-bond acceptors (Lipinski definition) is 4. The van der Waals surface area contributed by atoms with Crippen LogP contribution < -0.4 is 9.64 Å². The van der Waals surface area contributed by atoms with E-state index in [0.717, 1.165) is 49.6 Å². The van der Waals surface area contributed by atoms with Crippen molar-refractivity contribution in [2.24, 2.45) is 0 Å². The van der Waals surface area contributed by atoms with Crippen LogP contribution in [0.5, 0.6) is 5.75 Å². The lowest BCUT2D eigenvalue weighted by Crippen LogP contribution is -2.30. The van der Waals surface area contributed by atoms with Gasteiger partial charge in [-0.3, -0.25) is 0 Å². The second-order valence-electron chi connectivity index (χ2n) is 5.35. The largest absolute Gasteiger partial charge is 0.497 e. The summed E-state index contributed by atoms with van der Waals surface area (Å²) in [6, 6.07) is 10.5. The third-order valence-electron chi connectivity index (χ3n) is 4.12. The third kappa shape index (κ3) is 3.69. The molecule has 0 aliphatic carbocycles. The first kappa shape index (κ1) is 15.2. The first-order valence-electron chi connectivity index (χ1n) is 7.37. The SMILES string of the molecule is COc1ccc(N2CCCN(/C(C)=C(/C)C#N)CC2)cc1. The van der Waals surface area contributed by atoms with Crippen LogP contribution in [0.15, 0.2) is 35.5 Å². The summed E-state index contributed by atoms with van der Waals surface area (Å²) in [6.45, 7) is 7.92. The van der Waals surface area contributed by atoms with Crippen LogP contribution in [0.3, 0.4) is 0 Å². The Morgan fingerprint density at radius 3 is 2.43 bits per heavy atom. The molecule has 1 aliphatic heterocycles. The van der Waals surface area contributed by atoms with E-state index in [4.69, 9.17) is 10.00 Å². The first-order valence-corrected chi connectivity index (χ1v) is 7.37. The number of nitriles is 1. The van der Waals surface area contributed by atoms with Crippen molar-refractivity contribution in [1.29, 1.82) is 5.26 Å². The summed E-state index contributed by atoms with van der Waals surface area (Å²) < 4.78 is 5.20. The zero-order chi connectivity index (χ0) is 15.2. The highest BCUT2D eigenvalue weighted by atomic mass is 16.5. The number of allylic oxidation sites excluding steroid dienone is 2. The molecule has 0 radical (unpaired) electrons. The van der Waals surface area contributed by atoms with Gasteiger partial charge in [0.25, 0.3) is 0 Å². The minimum Gasteiger partial charge on any atom is -0.497 e. The van der Waals surface area contributed by atoms with Crippen molar-refractivity contribution in [2.45, 2.75) is 20.3 Å². The maximum atomic E-state index is 9.03. The molecule has 0 aromatic heterocycles. The predicted molar refractivity (Wildman–Crippen MR) is 85.4 cm³/mol.